The van der Waals surface area contributed by atoms with Crippen LogP contribution in [0.25, 0.3) is 5.65 Å². The summed E-state index contributed by atoms with van der Waals surface area (Å²) >= 11 is 0. The molecule has 2 aromatic heterocycles. The van der Waals surface area contributed by atoms with Gasteiger partial charge in [-0.3, -0.25) is 4.79 Å². The number of hydrogen-bond acceptors (Lipinski definition) is 5. The highest BCUT2D eigenvalue weighted by atomic mass is 16.5. The third kappa shape index (κ3) is 4.38. The number of anilines is 1. The Morgan fingerprint density at radius 2 is 2.04 bits per heavy atom. The normalized spacial score (nSPS) is 11.0. The fourth-order valence-electron chi connectivity index (χ4n) is 2.65. The number of benzene rings is 1. The van der Waals surface area contributed by atoms with Gasteiger partial charge in [0.05, 0.1) is 12.7 Å². The number of nitrogens with zero attached hydrogens (tertiary/aromatic N) is 3. The maximum atomic E-state index is 12.6. The van der Waals surface area contributed by atoms with Gasteiger partial charge in [-0.15, -0.1) is 0 Å². The van der Waals surface area contributed by atoms with Gasteiger partial charge in [0.15, 0.2) is 11.5 Å². The monoisotopic (exact) mass is 368 g/mol. The molecule has 7 heteroatoms. The molecule has 7 nitrogen and oxygen atoms in total. The highest BCUT2D eigenvalue weighted by Crippen LogP contribution is 2.30. The van der Waals surface area contributed by atoms with E-state index in [9.17, 15) is 4.79 Å². The van der Waals surface area contributed by atoms with Crippen LogP contribution in [0.3, 0.4) is 0 Å². The van der Waals surface area contributed by atoms with Gasteiger partial charge in [0.2, 0.25) is 0 Å². The second-order valence-corrected chi connectivity index (χ2v) is 6.52. The lowest BCUT2D eigenvalue weighted by Gasteiger charge is -2.15. The first-order valence-electron chi connectivity index (χ1n) is 8.68. The first kappa shape index (κ1) is 18.7. The van der Waals surface area contributed by atoms with E-state index in [1.165, 1.54) is 0 Å². The Labute approximate surface area is 158 Å². The zero-order valence-corrected chi connectivity index (χ0v) is 16.0. The largest absolute Gasteiger partial charge is 0.493 e. The van der Waals surface area contributed by atoms with Crippen molar-refractivity contribution in [1.29, 1.82) is 0 Å². The summed E-state index contributed by atoms with van der Waals surface area (Å²) < 4.78 is 13.0. The third-order valence-electron chi connectivity index (χ3n) is 4.17. The van der Waals surface area contributed by atoms with Gasteiger partial charge < -0.3 is 24.1 Å². The smallest absolute Gasteiger partial charge is 0.257 e. The van der Waals surface area contributed by atoms with Crippen LogP contribution in [0.5, 0.6) is 11.5 Å². The summed E-state index contributed by atoms with van der Waals surface area (Å²) in [6.07, 6.45) is 3.56. The summed E-state index contributed by atoms with van der Waals surface area (Å²) in [5, 5.41) is 2.91. The van der Waals surface area contributed by atoms with E-state index in [2.05, 4.69) is 10.3 Å². The van der Waals surface area contributed by atoms with Crippen LogP contribution in [0, 0.1) is 6.92 Å². The van der Waals surface area contributed by atoms with Crippen LogP contribution in [0.15, 0.2) is 42.7 Å². The highest BCUT2D eigenvalue weighted by molar-refractivity contribution is 6.04. The summed E-state index contributed by atoms with van der Waals surface area (Å²) in [6, 6.07) is 8.93. The van der Waals surface area contributed by atoms with Crippen molar-refractivity contribution in [3.05, 3.63) is 54.0 Å². The Balaban J connectivity index is 1.76. The van der Waals surface area contributed by atoms with E-state index < -0.39 is 0 Å². The number of nitrogens with one attached hydrogen (secondary N) is 1. The Hall–Kier alpha value is -3.06. The van der Waals surface area contributed by atoms with Crippen molar-refractivity contribution < 1.29 is 14.3 Å². The molecule has 0 saturated carbocycles. The molecule has 0 radical (unpaired) electrons. The van der Waals surface area contributed by atoms with E-state index in [0.29, 0.717) is 29.4 Å². The van der Waals surface area contributed by atoms with Gasteiger partial charge in [0, 0.05) is 36.4 Å². The van der Waals surface area contributed by atoms with Crippen LogP contribution < -0.4 is 14.8 Å². The summed E-state index contributed by atoms with van der Waals surface area (Å²) in [4.78, 5) is 18.9. The number of pyridine rings is 1. The Morgan fingerprint density at radius 3 is 2.78 bits per heavy atom. The Kier molecular flexibility index (Phi) is 5.61. The zero-order valence-electron chi connectivity index (χ0n) is 16.0. The molecule has 0 aliphatic carbocycles. The third-order valence-corrected chi connectivity index (χ3v) is 4.17. The van der Waals surface area contributed by atoms with Crippen molar-refractivity contribution in [2.24, 2.45) is 0 Å². The van der Waals surface area contributed by atoms with Crippen molar-refractivity contribution in [3.63, 3.8) is 0 Å². The fourth-order valence-corrected chi connectivity index (χ4v) is 2.65. The first-order chi connectivity index (χ1) is 13.0. The summed E-state index contributed by atoms with van der Waals surface area (Å²) in [5.41, 5.74) is 2.98. The van der Waals surface area contributed by atoms with E-state index in [1.54, 1.807) is 43.8 Å². The van der Waals surface area contributed by atoms with E-state index >= 15 is 0 Å². The number of aromatic nitrogens is 2. The second kappa shape index (κ2) is 8.09. The number of aryl methyl sites for hydroxylation is 1. The molecule has 3 rings (SSSR count). The van der Waals surface area contributed by atoms with E-state index in [1.807, 2.05) is 36.4 Å². The number of imidazole rings is 1. The van der Waals surface area contributed by atoms with E-state index in [-0.39, 0.29) is 5.91 Å². The predicted octanol–water partition coefficient (Wildman–Crippen LogP) is 2.84. The Morgan fingerprint density at radius 1 is 1.22 bits per heavy atom. The highest BCUT2D eigenvalue weighted by Gasteiger charge is 2.11. The number of ether oxygens (including phenoxy) is 2. The molecule has 1 N–H and O–H groups in total. The topological polar surface area (TPSA) is 68.1 Å². The molecule has 0 unspecified atom stereocenters. The number of likely N-dealkylation sites (N-methyl/N-ethyl adjacent to an activating group) is 1. The van der Waals surface area contributed by atoms with Gasteiger partial charge in [0.1, 0.15) is 12.3 Å². The summed E-state index contributed by atoms with van der Waals surface area (Å²) in [7, 11) is 5.56. The maximum Gasteiger partial charge on any atom is 0.257 e. The average molecular weight is 368 g/mol. The molecule has 0 aliphatic rings. The van der Waals surface area contributed by atoms with Crippen LogP contribution in [-0.4, -0.2) is 54.5 Å². The van der Waals surface area contributed by atoms with Gasteiger partial charge in [-0.25, -0.2) is 4.98 Å². The molecule has 3 aromatic rings. The number of fused-ring (bicyclic) bond motifs is 1. The van der Waals surface area contributed by atoms with Crippen molar-refractivity contribution in [1.82, 2.24) is 14.3 Å². The van der Waals surface area contributed by atoms with E-state index in [4.69, 9.17) is 9.47 Å². The Bertz CT molecular complexity index is 950. The summed E-state index contributed by atoms with van der Waals surface area (Å²) in [6.45, 7) is 3.25. The minimum atomic E-state index is -0.200. The van der Waals surface area contributed by atoms with Crippen LogP contribution in [0.4, 0.5) is 5.69 Å². The molecule has 27 heavy (non-hydrogen) atoms. The fraction of sp³-hybridized carbons (Fsp3) is 0.300. The molecule has 0 saturated heterocycles. The van der Waals surface area contributed by atoms with Gasteiger partial charge in [-0.05, 0) is 45.3 Å². The second-order valence-electron chi connectivity index (χ2n) is 6.52. The average Bonchev–Trinajstić information content (AvgIpc) is 3.02. The minimum Gasteiger partial charge on any atom is -0.493 e. The van der Waals surface area contributed by atoms with Gasteiger partial charge in [-0.1, -0.05) is 0 Å². The quantitative estimate of drug-likeness (QED) is 0.695. The minimum absolute atomic E-state index is 0.200. The van der Waals surface area contributed by atoms with Crippen molar-refractivity contribution in [2.45, 2.75) is 6.92 Å². The number of rotatable bonds is 7. The molecule has 0 spiro atoms. The van der Waals surface area contributed by atoms with Crippen LogP contribution in [0.1, 0.15) is 16.1 Å². The number of methoxy groups -OCH3 is 1. The van der Waals surface area contributed by atoms with Crippen LogP contribution in [0.2, 0.25) is 0 Å². The van der Waals surface area contributed by atoms with Gasteiger partial charge in [-0.2, -0.15) is 0 Å². The molecule has 0 bridgehead atoms. The van der Waals surface area contributed by atoms with Crippen LogP contribution >= 0.6 is 0 Å². The zero-order chi connectivity index (χ0) is 19.4. The lowest BCUT2D eigenvalue weighted by Crippen LogP contribution is -2.19. The van der Waals surface area contributed by atoms with Crippen molar-refractivity contribution in [2.75, 3.05) is 39.7 Å². The number of carbonyl (C=O) groups excluding carboxylic acids is 1. The summed E-state index contributed by atoms with van der Waals surface area (Å²) in [5.74, 6) is 1.02. The number of carbonyl (C=O) groups is 1. The molecule has 0 atom stereocenters. The van der Waals surface area contributed by atoms with E-state index in [0.717, 1.165) is 17.9 Å². The lowest BCUT2D eigenvalue weighted by atomic mass is 10.2. The van der Waals surface area contributed by atoms with Gasteiger partial charge >= 0.3 is 0 Å². The maximum absolute atomic E-state index is 12.6. The molecule has 1 aromatic carbocycles. The van der Waals surface area contributed by atoms with Crippen molar-refractivity contribution >= 4 is 17.2 Å². The standard InChI is InChI=1S/C20H24N4O3/c1-14-12-21-19-8-5-15(13-24(14)19)20(25)22-16-6-7-17(26-4)18(11-16)27-10-9-23(2)3/h5-8,11-13H,9-10H2,1-4H3,(H,22,25). The molecule has 142 valence electrons. The predicted molar refractivity (Wildman–Crippen MR) is 105 cm³/mol. The van der Waals surface area contributed by atoms with Gasteiger partial charge in [0.25, 0.3) is 5.91 Å². The molecule has 0 aliphatic heterocycles. The SMILES string of the molecule is COc1ccc(NC(=O)c2ccc3ncc(C)n3c2)cc1OCCN(C)C. The molecular formula is C20H24N4O3. The van der Waals surface area contributed by atoms with Crippen LogP contribution in [-0.2, 0) is 0 Å². The van der Waals surface area contributed by atoms with Crippen molar-refractivity contribution in [3.8, 4) is 11.5 Å². The molecule has 1 amide bonds. The molecule has 0 fully saturated rings. The molecular weight excluding hydrogens is 344 g/mol. The number of hydrogen-bond donors (Lipinski definition) is 1. The number of amides is 1. The first-order valence-corrected chi connectivity index (χ1v) is 8.68. The lowest BCUT2D eigenvalue weighted by molar-refractivity contribution is 0.102. The molecule has 2 heterocycles.